The van der Waals surface area contributed by atoms with Crippen molar-refractivity contribution < 1.29 is 5.11 Å². The number of hydrogen-bond acceptors (Lipinski definition) is 5. The van der Waals surface area contributed by atoms with Crippen molar-refractivity contribution in [3.63, 3.8) is 0 Å². The second kappa shape index (κ2) is 7.52. The molecule has 5 rings (SSSR count). The molecule has 2 aliphatic carbocycles. The molecule has 0 bridgehead atoms. The van der Waals surface area contributed by atoms with E-state index in [9.17, 15) is 10.0 Å². The number of nitroso groups, excluding NO2 is 1. The Morgan fingerprint density at radius 1 is 1.07 bits per heavy atom. The Labute approximate surface area is 169 Å². The summed E-state index contributed by atoms with van der Waals surface area (Å²) in [6.07, 6.45) is 10.8. The highest BCUT2D eigenvalue weighted by Gasteiger charge is 2.26. The summed E-state index contributed by atoms with van der Waals surface area (Å²) in [7, 11) is 0. The molecule has 1 aromatic carbocycles. The van der Waals surface area contributed by atoms with E-state index in [0.29, 0.717) is 0 Å². The predicted molar refractivity (Wildman–Crippen MR) is 111 cm³/mol. The number of aryl methyl sites for hydroxylation is 1. The normalized spacial score (nSPS) is 23.7. The third-order valence-electron chi connectivity index (χ3n) is 6.31. The van der Waals surface area contributed by atoms with Crippen LogP contribution in [0.15, 0.2) is 54.1 Å². The molecule has 1 fully saturated rings. The maximum absolute atomic E-state index is 11.1. The van der Waals surface area contributed by atoms with Gasteiger partial charge in [-0.2, -0.15) is 10.0 Å². The van der Waals surface area contributed by atoms with E-state index >= 15 is 0 Å². The summed E-state index contributed by atoms with van der Waals surface area (Å²) in [6, 6.07) is 10.3. The fourth-order valence-electron chi connectivity index (χ4n) is 4.76. The lowest BCUT2D eigenvalue weighted by atomic mass is 9.93. The first-order valence-electron chi connectivity index (χ1n) is 10.4. The molecule has 1 unspecified atom stereocenters. The van der Waals surface area contributed by atoms with Crippen LogP contribution in [0.5, 0.6) is 0 Å². The van der Waals surface area contributed by atoms with Gasteiger partial charge in [-0.05, 0) is 67.3 Å². The molecule has 0 aliphatic heterocycles. The van der Waals surface area contributed by atoms with Crippen molar-refractivity contribution in [2.75, 3.05) is 0 Å². The summed E-state index contributed by atoms with van der Waals surface area (Å²) in [5.74, 6) is 0. The number of pyridine rings is 1. The van der Waals surface area contributed by atoms with Crippen molar-refractivity contribution in [1.82, 2.24) is 14.8 Å². The van der Waals surface area contributed by atoms with Crippen LogP contribution in [0.3, 0.4) is 0 Å². The zero-order valence-electron chi connectivity index (χ0n) is 16.2. The maximum Gasteiger partial charge on any atom is 0.117 e. The van der Waals surface area contributed by atoms with Crippen LogP contribution in [-0.4, -0.2) is 26.0 Å². The Kier molecular flexibility index (Phi) is 4.72. The van der Waals surface area contributed by atoms with Gasteiger partial charge in [-0.15, -0.1) is 0 Å². The first-order valence-corrected chi connectivity index (χ1v) is 10.4. The van der Waals surface area contributed by atoms with Crippen molar-refractivity contribution in [1.29, 1.82) is 0 Å². The minimum atomic E-state index is -0.251. The molecule has 6 nitrogen and oxygen atoms in total. The largest absolute Gasteiger partial charge is 0.393 e. The number of rotatable bonds is 4. The van der Waals surface area contributed by atoms with Crippen LogP contribution in [0, 0.1) is 4.91 Å². The van der Waals surface area contributed by atoms with Gasteiger partial charge in [0.05, 0.1) is 12.1 Å². The molecule has 3 aromatic rings. The van der Waals surface area contributed by atoms with E-state index in [1.807, 2.05) is 22.9 Å². The number of aliphatic hydroxyl groups is 1. The van der Waals surface area contributed by atoms with Crippen LogP contribution in [0.4, 0.5) is 0 Å². The van der Waals surface area contributed by atoms with E-state index in [4.69, 9.17) is 5.10 Å². The minimum absolute atomic E-state index is 0.214. The minimum Gasteiger partial charge on any atom is -0.393 e. The SMILES string of the molecule is O=NC1CCc2cc(-c3cn([C@@H]4CCC[C@H](O)C4)nc3-c3ccncc3)ccc21. The fourth-order valence-corrected chi connectivity index (χ4v) is 4.76. The van der Waals surface area contributed by atoms with Crippen LogP contribution in [-0.2, 0) is 6.42 Å². The number of nitrogens with zero attached hydrogens (tertiary/aromatic N) is 4. The molecule has 2 aliphatic rings. The Hall–Kier alpha value is -2.86. The van der Waals surface area contributed by atoms with Gasteiger partial charge in [-0.25, -0.2) is 0 Å². The zero-order valence-corrected chi connectivity index (χ0v) is 16.2. The highest BCUT2D eigenvalue weighted by Crippen LogP contribution is 2.39. The third-order valence-corrected chi connectivity index (χ3v) is 6.31. The molecule has 3 atom stereocenters. The van der Waals surface area contributed by atoms with Gasteiger partial charge in [0.25, 0.3) is 0 Å². The molecule has 1 saturated carbocycles. The lowest BCUT2D eigenvalue weighted by Gasteiger charge is -2.26. The number of hydrogen-bond donors (Lipinski definition) is 1. The Bertz CT molecular complexity index is 1030. The molecule has 6 heteroatoms. The van der Waals surface area contributed by atoms with E-state index in [2.05, 4.69) is 28.5 Å². The van der Waals surface area contributed by atoms with E-state index < -0.39 is 0 Å². The van der Waals surface area contributed by atoms with E-state index in [-0.39, 0.29) is 18.2 Å². The predicted octanol–water partition coefficient (Wildman–Crippen LogP) is 4.84. The van der Waals surface area contributed by atoms with Gasteiger partial charge in [0.2, 0.25) is 0 Å². The monoisotopic (exact) mass is 388 g/mol. The zero-order chi connectivity index (χ0) is 19.8. The number of fused-ring (bicyclic) bond motifs is 1. The summed E-state index contributed by atoms with van der Waals surface area (Å²) >= 11 is 0. The smallest absolute Gasteiger partial charge is 0.117 e. The topological polar surface area (TPSA) is 80.4 Å². The highest BCUT2D eigenvalue weighted by molar-refractivity contribution is 5.80. The molecular formula is C23H24N4O2. The van der Waals surface area contributed by atoms with Gasteiger partial charge in [0.1, 0.15) is 11.7 Å². The van der Waals surface area contributed by atoms with Crippen molar-refractivity contribution in [2.24, 2.45) is 5.18 Å². The first-order chi connectivity index (χ1) is 14.2. The first kappa shape index (κ1) is 18.2. The molecule has 29 heavy (non-hydrogen) atoms. The second-order valence-electron chi connectivity index (χ2n) is 8.16. The number of aliphatic hydroxyl groups excluding tert-OH is 1. The van der Waals surface area contributed by atoms with Crippen LogP contribution in [0.2, 0.25) is 0 Å². The summed E-state index contributed by atoms with van der Waals surface area (Å²) < 4.78 is 2.04. The van der Waals surface area contributed by atoms with E-state index in [1.165, 1.54) is 5.56 Å². The number of benzene rings is 1. The molecule has 1 N–H and O–H groups in total. The van der Waals surface area contributed by atoms with Crippen molar-refractivity contribution in [3.05, 3.63) is 65.0 Å². The van der Waals surface area contributed by atoms with Gasteiger partial charge in [-0.1, -0.05) is 23.4 Å². The number of aromatic nitrogens is 3. The molecule has 148 valence electrons. The summed E-state index contributed by atoms with van der Waals surface area (Å²) in [6.45, 7) is 0. The molecule has 0 spiro atoms. The highest BCUT2D eigenvalue weighted by atomic mass is 16.3. The lowest BCUT2D eigenvalue weighted by Crippen LogP contribution is -2.22. The van der Waals surface area contributed by atoms with E-state index in [0.717, 1.165) is 66.5 Å². The van der Waals surface area contributed by atoms with Gasteiger partial charge < -0.3 is 5.11 Å². The van der Waals surface area contributed by atoms with Crippen LogP contribution >= 0.6 is 0 Å². The second-order valence-corrected chi connectivity index (χ2v) is 8.16. The quantitative estimate of drug-likeness (QED) is 0.649. The Balaban J connectivity index is 1.59. The third kappa shape index (κ3) is 3.38. The van der Waals surface area contributed by atoms with Crippen molar-refractivity contribution in [3.8, 4) is 22.4 Å². The van der Waals surface area contributed by atoms with Crippen molar-refractivity contribution >= 4 is 0 Å². The molecule has 0 amide bonds. The molecule has 2 aromatic heterocycles. The van der Waals surface area contributed by atoms with Gasteiger partial charge in [-0.3, -0.25) is 9.67 Å². The average molecular weight is 388 g/mol. The summed E-state index contributed by atoms with van der Waals surface area (Å²) in [4.78, 5) is 15.2. The average Bonchev–Trinajstić information content (AvgIpc) is 3.38. The van der Waals surface area contributed by atoms with E-state index in [1.54, 1.807) is 12.4 Å². The van der Waals surface area contributed by atoms with Gasteiger partial charge in [0.15, 0.2) is 0 Å². The van der Waals surface area contributed by atoms with Crippen LogP contribution in [0.1, 0.15) is 55.3 Å². The molecule has 0 saturated heterocycles. The van der Waals surface area contributed by atoms with Gasteiger partial charge >= 0.3 is 0 Å². The molecule has 0 radical (unpaired) electrons. The van der Waals surface area contributed by atoms with Crippen LogP contribution in [0.25, 0.3) is 22.4 Å². The van der Waals surface area contributed by atoms with Crippen molar-refractivity contribution in [2.45, 2.75) is 56.7 Å². The standard InChI is InChI=1S/C23H24N4O2/c28-19-3-1-2-18(13-19)27-14-21(23(25-27)15-8-10-24-11-9-15)17-4-6-20-16(12-17)5-7-22(20)26-29/h4,6,8-12,14,18-19,22,28H,1-3,5,7,13H2/t18-,19+,22?/m1/s1. The van der Waals surface area contributed by atoms with Gasteiger partial charge in [0, 0.05) is 29.7 Å². The Morgan fingerprint density at radius 2 is 1.93 bits per heavy atom. The fraction of sp³-hybridized carbons (Fsp3) is 0.391. The molecule has 2 heterocycles. The Morgan fingerprint density at radius 3 is 2.72 bits per heavy atom. The summed E-state index contributed by atoms with van der Waals surface area (Å²) in [5, 5.41) is 18.3. The van der Waals surface area contributed by atoms with Crippen LogP contribution < -0.4 is 0 Å². The lowest BCUT2D eigenvalue weighted by molar-refractivity contribution is 0.100. The summed E-state index contributed by atoms with van der Waals surface area (Å²) in [5.41, 5.74) is 6.38. The maximum atomic E-state index is 11.1. The molecular weight excluding hydrogens is 364 g/mol.